The van der Waals surface area contributed by atoms with Crippen molar-refractivity contribution in [3.63, 3.8) is 0 Å². The van der Waals surface area contributed by atoms with Gasteiger partial charge in [-0.2, -0.15) is 0 Å². The summed E-state index contributed by atoms with van der Waals surface area (Å²) in [5.41, 5.74) is 3.22. The van der Waals surface area contributed by atoms with E-state index in [1.165, 1.54) is 4.90 Å². The number of carbonyl (C=O) groups excluding carboxylic acids is 2. The lowest BCUT2D eigenvalue weighted by Crippen LogP contribution is -2.51. The number of nitrogens with zero attached hydrogens (tertiary/aromatic N) is 2. The molecule has 8 heteroatoms. The number of anilines is 1. The third-order valence-corrected chi connectivity index (χ3v) is 8.44. The van der Waals surface area contributed by atoms with Crippen molar-refractivity contribution in [3.05, 3.63) is 95.6 Å². The van der Waals surface area contributed by atoms with Crippen LogP contribution in [0.4, 0.5) is 5.69 Å². The van der Waals surface area contributed by atoms with Crippen LogP contribution in [0.5, 0.6) is 0 Å². The van der Waals surface area contributed by atoms with Gasteiger partial charge in [-0.1, -0.05) is 80.9 Å². The molecule has 0 aliphatic carbocycles. The molecule has 0 saturated heterocycles. The fourth-order valence-electron chi connectivity index (χ4n) is 4.15. The quantitative estimate of drug-likeness (QED) is 0.334. The molecule has 3 aromatic carbocycles. The van der Waals surface area contributed by atoms with E-state index in [1.807, 2.05) is 56.3 Å². The molecule has 0 radical (unpaired) electrons. The second kappa shape index (κ2) is 13.4. The van der Waals surface area contributed by atoms with Gasteiger partial charge >= 0.3 is 0 Å². The molecule has 0 bridgehead atoms. The summed E-state index contributed by atoms with van der Waals surface area (Å²) in [5, 5.41) is 2.85. The van der Waals surface area contributed by atoms with Crippen molar-refractivity contribution in [2.24, 2.45) is 0 Å². The number of carbonyl (C=O) groups is 2. The van der Waals surface area contributed by atoms with Crippen LogP contribution in [0.25, 0.3) is 0 Å². The van der Waals surface area contributed by atoms with Crippen molar-refractivity contribution in [2.75, 3.05) is 17.4 Å². The largest absolute Gasteiger partial charge is 0.354 e. The summed E-state index contributed by atoms with van der Waals surface area (Å²) >= 11 is 0. The smallest absolute Gasteiger partial charge is 0.264 e. The third kappa shape index (κ3) is 7.69. The van der Waals surface area contributed by atoms with Crippen LogP contribution in [0.15, 0.2) is 83.8 Å². The number of aryl methyl sites for hydroxylation is 1. The van der Waals surface area contributed by atoms with E-state index < -0.39 is 28.5 Å². The van der Waals surface area contributed by atoms with Gasteiger partial charge < -0.3 is 10.2 Å². The Hall–Kier alpha value is -3.65. The van der Waals surface area contributed by atoms with Crippen molar-refractivity contribution in [3.8, 4) is 0 Å². The normalized spacial score (nSPS) is 12.2. The molecule has 2 amide bonds. The van der Waals surface area contributed by atoms with Crippen molar-refractivity contribution in [2.45, 2.75) is 64.4 Å². The molecule has 0 saturated carbocycles. The predicted octanol–water partition coefficient (Wildman–Crippen LogP) is 5.26. The number of hydrogen-bond donors (Lipinski definition) is 1. The average molecular weight is 550 g/mol. The maximum atomic E-state index is 13.9. The van der Waals surface area contributed by atoms with Crippen LogP contribution in [0.3, 0.4) is 0 Å². The molecule has 7 nitrogen and oxygen atoms in total. The number of nitrogens with one attached hydrogen (secondary N) is 1. The van der Waals surface area contributed by atoms with Gasteiger partial charge in [-0.15, -0.1) is 0 Å². The molecule has 1 atom stereocenters. The Bertz CT molecular complexity index is 1340. The molecule has 208 valence electrons. The lowest BCUT2D eigenvalue weighted by atomic mass is 10.0. The molecule has 0 heterocycles. The average Bonchev–Trinajstić information content (AvgIpc) is 2.93. The Morgan fingerprint density at radius 3 is 2.05 bits per heavy atom. The second-order valence-electron chi connectivity index (χ2n) is 10.0. The van der Waals surface area contributed by atoms with E-state index in [0.717, 1.165) is 27.4 Å². The zero-order valence-electron chi connectivity index (χ0n) is 23.4. The lowest BCUT2D eigenvalue weighted by molar-refractivity contribution is -0.139. The summed E-state index contributed by atoms with van der Waals surface area (Å²) in [5.74, 6) is -0.483. The number of rotatable bonds is 12. The van der Waals surface area contributed by atoms with Crippen molar-refractivity contribution < 1.29 is 18.0 Å². The second-order valence-corrected chi connectivity index (χ2v) is 11.9. The minimum absolute atomic E-state index is 0.0946. The highest BCUT2D eigenvalue weighted by Crippen LogP contribution is 2.27. The van der Waals surface area contributed by atoms with Gasteiger partial charge in [0.25, 0.3) is 10.0 Å². The number of benzene rings is 3. The Labute approximate surface area is 232 Å². The van der Waals surface area contributed by atoms with Gasteiger partial charge in [0.1, 0.15) is 12.6 Å². The number of hydrogen-bond acceptors (Lipinski definition) is 4. The SMILES string of the molecule is CCCNC(=O)[C@H](C)N(Cc1ccccc1)C(=O)CN(c1ccc(C(C)C)cc1)S(=O)(=O)c1ccc(C)cc1. The van der Waals surface area contributed by atoms with E-state index in [1.54, 1.807) is 43.3 Å². The first-order valence-electron chi connectivity index (χ1n) is 13.3. The Kier molecular flexibility index (Phi) is 10.3. The first-order valence-corrected chi connectivity index (χ1v) is 14.8. The minimum atomic E-state index is -4.08. The molecule has 3 aromatic rings. The third-order valence-electron chi connectivity index (χ3n) is 6.65. The summed E-state index contributed by atoms with van der Waals surface area (Å²) in [4.78, 5) is 28.3. The highest BCUT2D eigenvalue weighted by Gasteiger charge is 2.32. The Morgan fingerprint density at radius 2 is 1.49 bits per heavy atom. The number of amides is 2. The van der Waals surface area contributed by atoms with Crippen LogP contribution >= 0.6 is 0 Å². The lowest BCUT2D eigenvalue weighted by Gasteiger charge is -2.32. The van der Waals surface area contributed by atoms with Crippen LogP contribution in [-0.4, -0.2) is 44.3 Å². The topological polar surface area (TPSA) is 86.8 Å². The van der Waals surface area contributed by atoms with E-state index in [2.05, 4.69) is 19.2 Å². The highest BCUT2D eigenvalue weighted by atomic mass is 32.2. The zero-order chi connectivity index (χ0) is 28.6. The fourth-order valence-corrected chi connectivity index (χ4v) is 5.56. The molecule has 0 aliphatic rings. The van der Waals surface area contributed by atoms with E-state index in [4.69, 9.17) is 0 Å². The van der Waals surface area contributed by atoms with Gasteiger partial charge in [0.15, 0.2) is 0 Å². The standard InChI is InChI=1S/C31H39N3O4S/c1-6-20-32-31(36)25(5)33(21-26-10-8-7-9-11-26)30(35)22-34(28-16-14-27(15-17-28)23(2)3)39(37,38)29-18-12-24(4)13-19-29/h7-19,23,25H,6,20-22H2,1-5H3,(H,32,36)/t25-/m0/s1. The van der Waals surface area contributed by atoms with E-state index >= 15 is 0 Å². The summed E-state index contributed by atoms with van der Waals surface area (Å²) < 4.78 is 28.9. The summed E-state index contributed by atoms with van der Waals surface area (Å²) in [7, 11) is -4.08. The molecule has 39 heavy (non-hydrogen) atoms. The van der Waals surface area contributed by atoms with Gasteiger partial charge in [-0.25, -0.2) is 8.42 Å². The first-order chi connectivity index (χ1) is 18.5. The summed E-state index contributed by atoms with van der Waals surface area (Å²) in [6.45, 7) is 9.85. The molecule has 0 unspecified atom stereocenters. The molecule has 0 aromatic heterocycles. The highest BCUT2D eigenvalue weighted by molar-refractivity contribution is 7.92. The monoisotopic (exact) mass is 549 g/mol. The van der Waals surface area contributed by atoms with Crippen LogP contribution in [0, 0.1) is 6.92 Å². The first kappa shape index (κ1) is 29.9. The van der Waals surface area contributed by atoms with Crippen molar-refractivity contribution in [1.82, 2.24) is 10.2 Å². The number of sulfonamides is 1. The van der Waals surface area contributed by atoms with Crippen LogP contribution in [0.2, 0.25) is 0 Å². The maximum Gasteiger partial charge on any atom is 0.264 e. The van der Waals surface area contributed by atoms with Gasteiger partial charge in [0.2, 0.25) is 11.8 Å². The molecular weight excluding hydrogens is 510 g/mol. The van der Waals surface area contributed by atoms with Crippen LogP contribution in [0.1, 0.15) is 56.7 Å². The molecule has 0 aliphatic heterocycles. The van der Waals surface area contributed by atoms with Crippen molar-refractivity contribution in [1.29, 1.82) is 0 Å². The zero-order valence-corrected chi connectivity index (χ0v) is 24.2. The molecule has 0 spiro atoms. The Balaban J connectivity index is 2.02. The van der Waals surface area contributed by atoms with Gasteiger partial charge in [0.05, 0.1) is 10.6 Å². The van der Waals surface area contributed by atoms with Crippen molar-refractivity contribution >= 4 is 27.5 Å². The van der Waals surface area contributed by atoms with Gasteiger partial charge in [-0.3, -0.25) is 13.9 Å². The molecular formula is C31H39N3O4S. The van der Waals surface area contributed by atoms with Gasteiger partial charge in [-0.05, 0) is 61.6 Å². The molecule has 1 N–H and O–H groups in total. The minimum Gasteiger partial charge on any atom is -0.354 e. The fraction of sp³-hybridized carbons (Fsp3) is 0.355. The van der Waals surface area contributed by atoms with Gasteiger partial charge in [0, 0.05) is 13.1 Å². The summed E-state index contributed by atoms with van der Waals surface area (Å²) in [6.07, 6.45) is 0.764. The maximum absolute atomic E-state index is 13.9. The molecule has 0 fully saturated rings. The van der Waals surface area contributed by atoms with E-state index in [9.17, 15) is 18.0 Å². The molecule has 3 rings (SSSR count). The Morgan fingerprint density at radius 1 is 0.872 bits per heavy atom. The van der Waals surface area contributed by atoms with E-state index in [-0.39, 0.29) is 23.3 Å². The predicted molar refractivity (Wildman–Crippen MR) is 156 cm³/mol. The van der Waals surface area contributed by atoms with Crippen LogP contribution in [-0.2, 0) is 26.2 Å². The van der Waals surface area contributed by atoms with E-state index in [0.29, 0.717) is 12.2 Å². The summed E-state index contributed by atoms with van der Waals surface area (Å²) in [6, 6.07) is 22.4. The van der Waals surface area contributed by atoms with Crippen LogP contribution < -0.4 is 9.62 Å².